The van der Waals surface area contributed by atoms with E-state index in [2.05, 4.69) is 86.6 Å². The molecule has 0 aromatic heterocycles. The van der Waals surface area contributed by atoms with Crippen molar-refractivity contribution in [2.24, 2.45) is 0 Å². The Balaban J connectivity index is 1.76. The van der Waals surface area contributed by atoms with Crippen LogP contribution in [0, 0.1) is 0 Å². The third kappa shape index (κ3) is 3.81. The molecular weight excluding hydrogens is 338 g/mol. The Bertz CT molecular complexity index is 607. The van der Waals surface area contributed by atoms with Gasteiger partial charge in [-0.1, -0.05) is 46.3 Å². The normalized spacial score (nSPS) is 15.8. The molecule has 0 radical (unpaired) electrons. The van der Waals surface area contributed by atoms with Gasteiger partial charge >= 0.3 is 0 Å². The minimum Gasteiger partial charge on any atom is -0.379 e. The Hall–Kier alpha value is -1.52. The highest BCUT2D eigenvalue weighted by Crippen LogP contribution is 2.30. The zero-order valence-corrected chi connectivity index (χ0v) is 14.5. The minimum absolute atomic E-state index is 0.845. The average molecular weight is 360 g/mol. The van der Waals surface area contributed by atoms with Gasteiger partial charge in [-0.25, -0.2) is 0 Å². The second kappa shape index (κ2) is 7.16. The fourth-order valence-electron chi connectivity index (χ4n) is 2.77. The van der Waals surface area contributed by atoms with Crippen LogP contribution in [0.25, 0.3) is 0 Å². The zero-order chi connectivity index (χ0) is 15.4. The molecule has 0 bridgehead atoms. The molecule has 0 saturated carbocycles. The summed E-state index contributed by atoms with van der Waals surface area (Å²) in [5.41, 5.74) is 3.79. The average Bonchev–Trinajstić information content (AvgIpc) is 2.55. The van der Waals surface area contributed by atoms with Crippen LogP contribution in [-0.2, 0) is 6.54 Å². The molecule has 4 heteroatoms. The first-order chi connectivity index (χ1) is 10.7. The van der Waals surface area contributed by atoms with Crippen molar-refractivity contribution in [3.63, 3.8) is 0 Å². The number of rotatable bonds is 4. The van der Waals surface area contributed by atoms with Crippen molar-refractivity contribution < 1.29 is 0 Å². The predicted molar refractivity (Wildman–Crippen MR) is 97.6 cm³/mol. The Kier molecular flexibility index (Phi) is 5.01. The second-order valence-corrected chi connectivity index (χ2v) is 6.71. The number of likely N-dealkylation sites (N-methyl/N-ethyl adjacent to an activating group) is 1. The molecule has 2 aromatic carbocycles. The van der Waals surface area contributed by atoms with Gasteiger partial charge in [0.2, 0.25) is 0 Å². The number of anilines is 2. The van der Waals surface area contributed by atoms with Crippen LogP contribution in [0.2, 0.25) is 0 Å². The number of nitrogens with one attached hydrogen (secondary N) is 1. The summed E-state index contributed by atoms with van der Waals surface area (Å²) in [6, 6.07) is 17.0. The highest BCUT2D eigenvalue weighted by Gasteiger charge is 2.17. The van der Waals surface area contributed by atoms with E-state index in [9.17, 15) is 0 Å². The lowest BCUT2D eigenvalue weighted by Crippen LogP contribution is -2.44. The van der Waals surface area contributed by atoms with E-state index in [0.717, 1.165) is 37.2 Å². The van der Waals surface area contributed by atoms with Crippen molar-refractivity contribution in [1.82, 2.24) is 4.90 Å². The molecule has 22 heavy (non-hydrogen) atoms. The molecular formula is C18H22BrN3. The molecule has 1 saturated heterocycles. The number of hydrogen-bond donors (Lipinski definition) is 1. The summed E-state index contributed by atoms with van der Waals surface area (Å²) >= 11 is 3.59. The van der Waals surface area contributed by atoms with Crippen LogP contribution in [0.15, 0.2) is 53.0 Å². The van der Waals surface area contributed by atoms with Crippen LogP contribution in [0.3, 0.4) is 0 Å². The number of hydrogen-bond acceptors (Lipinski definition) is 3. The van der Waals surface area contributed by atoms with E-state index in [1.807, 2.05) is 0 Å². The smallest absolute Gasteiger partial charge is 0.0603 e. The zero-order valence-electron chi connectivity index (χ0n) is 12.9. The maximum atomic E-state index is 3.59. The maximum Gasteiger partial charge on any atom is 0.0603 e. The summed E-state index contributed by atoms with van der Waals surface area (Å²) in [7, 11) is 2.19. The monoisotopic (exact) mass is 359 g/mol. The molecule has 3 rings (SSSR count). The van der Waals surface area contributed by atoms with Crippen LogP contribution < -0.4 is 10.2 Å². The van der Waals surface area contributed by atoms with Gasteiger partial charge in [0.15, 0.2) is 0 Å². The molecule has 0 spiro atoms. The van der Waals surface area contributed by atoms with Gasteiger partial charge in [-0.3, -0.25) is 0 Å². The summed E-state index contributed by atoms with van der Waals surface area (Å²) in [6.07, 6.45) is 0. The highest BCUT2D eigenvalue weighted by molar-refractivity contribution is 9.10. The first kappa shape index (κ1) is 15.4. The van der Waals surface area contributed by atoms with Crippen molar-refractivity contribution in [1.29, 1.82) is 0 Å². The molecule has 116 valence electrons. The summed E-state index contributed by atoms with van der Waals surface area (Å²) in [5.74, 6) is 0. The van der Waals surface area contributed by atoms with Gasteiger partial charge in [0.1, 0.15) is 0 Å². The van der Waals surface area contributed by atoms with Crippen molar-refractivity contribution >= 4 is 27.3 Å². The summed E-state index contributed by atoms with van der Waals surface area (Å²) in [5, 5.41) is 3.59. The first-order valence-corrected chi connectivity index (χ1v) is 8.52. The van der Waals surface area contributed by atoms with Crippen molar-refractivity contribution in [2.75, 3.05) is 43.4 Å². The van der Waals surface area contributed by atoms with Gasteiger partial charge in [0.05, 0.1) is 11.4 Å². The predicted octanol–water partition coefficient (Wildman–Crippen LogP) is 3.81. The molecule has 0 atom stereocenters. The Morgan fingerprint density at radius 3 is 2.45 bits per heavy atom. The molecule has 0 amide bonds. The molecule has 1 heterocycles. The summed E-state index contributed by atoms with van der Waals surface area (Å²) in [6.45, 7) is 5.25. The van der Waals surface area contributed by atoms with Crippen LogP contribution in [0.4, 0.5) is 11.4 Å². The van der Waals surface area contributed by atoms with Crippen LogP contribution >= 0.6 is 15.9 Å². The Labute approximate surface area is 141 Å². The quantitative estimate of drug-likeness (QED) is 0.895. The topological polar surface area (TPSA) is 18.5 Å². The third-order valence-corrected chi connectivity index (χ3v) is 4.62. The van der Waals surface area contributed by atoms with E-state index in [4.69, 9.17) is 0 Å². The minimum atomic E-state index is 0.845. The molecule has 2 aromatic rings. The number of benzene rings is 2. The largest absolute Gasteiger partial charge is 0.379 e. The van der Waals surface area contributed by atoms with Gasteiger partial charge in [-0.2, -0.15) is 0 Å². The van der Waals surface area contributed by atoms with Crippen molar-refractivity contribution in [2.45, 2.75) is 6.54 Å². The highest BCUT2D eigenvalue weighted by atomic mass is 79.9. The Morgan fingerprint density at radius 2 is 1.73 bits per heavy atom. The molecule has 0 unspecified atom stereocenters. The van der Waals surface area contributed by atoms with E-state index in [-0.39, 0.29) is 0 Å². The van der Waals surface area contributed by atoms with Gasteiger partial charge < -0.3 is 15.1 Å². The lowest BCUT2D eigenvalue weighted by Gasteiger charge is -2.35. The number of piperazine rings is 1. The van der Waals surface area contributed by atoms with Gasteiger partial charge in [0, 0.05) is 37.2 Å². The Morgan fingerprint density at radius 1 is 1.00 bits per heavy atom. The first-order valence-electron chi connectivity index (χ1n) is 7.73. The van der Waals surface area contributed by atoms with E-state index < -0.39 is 0 Å². The molecule has 1 N–H and O–H groups in total. The summed E-state index contributed by atoms with van der Waals surface area (Å²) in [4.78, 5) is 4.85. The SMILES string of the molecule is CN1CCN(c2ccc(Br)cc2NCc2ccccc2)CC1. The second-order valence-electron chi connectivity index (χ2n) is 5.79. The standard InChI is InChI=1S/C18H22BrN3/c1-21-9-11-22(12-10-21)18-8-7-16(19)13-17(18)20-14-15-5-3-2-4-6-15/h2-8,13,20H,9-12,14H2,1H3. The van der Waals surface area contributed by atoms with Crippen LogP contribution in [-0.4, -0.2) is 38.1 Å². The number of halogens is 1. The lowest BCUT2D eigenvalue weighted by molar-refractivity contribution is 0.313. The fourth-order valence-corrected chi connectivity index (χ4v) is 3.13. The van der Waals surface area contributed by atoms with Crippen LogP contribution in [0.1, 0.15) is 5.56 Å². The van der Waals surface area contributed by atoms with E-state index in [0.29, 0.717) is 0 Å². The van der Waals surface area contributed by atoms with Crippen molar-refractivity contribution in [3.8, 4) is 0 Å². The van der Waals surface area contributed by atoms with Gasteiger partial charge in [0.25, 0.3) is 0 Å². The summed E-state index contributed by atoms with van der Waals surface area (Å²) < 4.78 is 1.11. The van der Waals surface area contributed by atoms with Gasteiger partial charge in [-0.05, 0) is 30.8 Å². The fraction of sp³-hybridized carbons (Fsp3) is 0.333. The van der Waals surface area contributed by atoms with E-state index >= 15 is 0 Å². The van der Waals surface area contributed by atoms with Gasteiger partial charge in [-0.15, -0.1) is 0 Å². The van der Waals surface area contributed by atoms with E-state index in [1.54, 1.807) is 0 Å². The third-order valence-electron chi connectivity index (χ3n) is 4.13. The maximum absolute atomic E-state index is 3.59. The van der Waals surface area contributed by atoms with E-state index in [1.165, 1.54) is 16.9 Å². The molecule has 3 nitrogen and oxygen atoms in total. The molecule has 1 aliphatic heterocycles. The van der Waals surface area contributed by atoms with Crippen LogP contribution in [0.5, 0.6) is 0 Å². The number of nitrogens with zero attached hydrogens (tertiary/aromatic N) is 2. The lowest BCUT2D eigenvalue weighted by atomic mass is 10.2. The van der Waals surface area contributed by atoms with Crippen molar-refractivity contribution in [3.05, 3.63) is 58.6 Å². The molecule has 1 fully saturated rings. The molecule has 0 aliphatic carbocycles. The molecule has 1 aliphatic rings.